The number of esters is 1. The van der Waals surface area contributed by atoms with Gasteiger partial charge in [0.1, 0.15) is 0 Å². The fourth-order valence-corrected chi connectivity index (χ4v) is 3.29. The van der Waals surface area contributed by atoms with E-state index in [-0.39, 0.29) is 30.8 Å². The molecule has 3 rings (SSSR count). The van der Waals surface area contributed by atoms with Gasteiger partial charge in [-0.3, -0.25) is 0 Å². The van der Waals surface area contributed by atoms with Crippen LogP contribution < -0.4 is 16.8 Å². The molecular weight excluding hydrogens is 405 g/mol. The van der Waals surface area contributed by atoms with E-state index in [1.54, 1.807) is 29.5 Å². The Hall–Kier alpha value is -2.41. The number of nitrogens with two attached hydrogens (primary N) is 2. The number of thiophene rings is 1. The Morgan fingerprint density at radius 3 is 2.44 bits per heavy atom. The van der Waals surface area contributed by atoms with Crippen LogP contribution in [0.25, 0.3) is 11.1 Å². The molecule has 0 unspecified atom stereocenters. The molecule has 27 heavy (non-hydrogen) atoms. The van der Waals surface area contributed by atoms with Crippen LogP contribution in [0, 0.1) is 0 Å². The maximum absolute atomic E-state index is 11.4. The highest BCUT2D eigenvalue weighted by atomic mass is 35.5. The molecule has 0 amide bonds. The molecule has 1 heterocycles. The number of carbonyl (C=O) groups is 1. The van der Waals surface area contributed by atoms with Crippen LogP contribution in [0.4, 0.5) is 17.1 Å². The van der Waals surface area contributed by atoms with Crippen LogP contribution in [-0.4, -0.2) is 13.1 Å². The number of hydrogen-bond donors (Lipinski definition) is 3. The van der Waals surface area contributed by atoms with Gasteiger partial charge in [0.25, 0.3) is 0 Å². The zero-order valence-electron chi connectivity index (χ0n) is 14.6. The molecule has 5 nitrogen and oxygen atoms in total. The van der Waals surface area contributed by atoms with Crippen molar-refractivity contribution in [3.63, 3.8) is 0 Å². The van der Waals surface area contributed by atoms with Gasteiger partial charge in [-0.2, -0.15) is 0 Å². The second kappa shape index (κ2) is 10.1. The van der Waals surface area contributed by atoms with Gasteiger partial charge in [0.05, 0.1) is 12.7 Å². The Bertz CT molecular complexity index is 898. The standard InChI is InChI=1S/C19H19N3O2S.2ClH/c1-24-19(23)12-2-5-15(6-3-12)22-10-16-8-13(11-25-16)17-9-14(20)4-7-18(17)21;;/h2-9,11,22H,10,20-21H2,1H3;2*1H. The first-order valence-electron chi connectivity index (χ1n) is 7.72. The lowest BCUT2D eigenvalue weighted by Gasteiger charge is -2.06. The van der Waals surface area contributed by atoms with E-state index in [1.807, 2.05) is 24.3 Å². The van der Waals surface area contributed by atoms with Crippen molar-refractivity contribution in [1.82, 2.24) is 0 Å². The highest BCUT2D eigenvalue weighted by Gasteiger charge is 2.07. The molecule has 8 heteroatoms. The normalized spacial score (nSPS) is 9.67. The van der Waals surface area contributed by atoms with Crippen LogP contribution in [0.1, 0.15) is 15.2 Å². The summed E-state index contributed by atoms with van der Waals surface area (Å²) in [5, 5.41) is 5.41. The molecule has 1 aromatic heterocycles. The van der Waals surface area contributed by atoms with Gasteiger partial charge in [-0.1, -0.05) is 0 Å². The third-order valence-corrected chi connectivity index (χ3v) is 4.75. The van der Waals surface area contributed by atoms with E-state index in [0.717, 1.165) is 16.8 Å². The number of nitrogen functional groups attached to an aromatic ring is 2. The number of nitrogens with one attached hydrogen (secondary N) is 1. The van der Waals surface area contributed by atoms with Gasteiger partial charge < -0.3 is 21.5 Å². The van der Waals surface area contributed by atoms with E-state index in [0.29, 0.717) is 23.5 Å². The lowest BCUT2D eigenvalue weighted by atomic mass is 10.1. The van der Waals surface area contributed by atoms with Crippen LogP contribution >= 0.6 is 36.2 Å². The number of halogens is 2. The minimum atomic E-state index is -0.339. The molecule has 0 radical (unpaired) electrons. The number of carbonyl (C=O) groups excluding carboxylic acids is 1. The highest BCUT2D eigenvalue weighted by molar-refractivity contribution is 7.10. The number of methoxy groups -OCH3 is 1. The summed E-state index contributed by atoms with van der Waals surface area (Å²) >= 11 is 1.66. The molecule has 0 aliphatic rings. The molecule has 2 aromatic carbocycles. The third kappa shape index (κ3) is 5.53. The second-order valence-corrected chi connectivity index (χ2v) is 6.57. The Morgan fingerprint density at radius 2 is 1.78 bits per heavy atom. The lowest BCUT2D eigenvalue weighted by Crippen LogP contribution is -2.02. The molecule has 0 saturated carbocycles. The first kappa shape index (κ1) is 22.6. The fourth-order valence-electron chi connectivity index (χ4n) is 2.47. The maximum atomic E-state index is 11.4. The molecule has 5 N–H and O–H groups in total. The summed E-state index contributed by atoms with van der Waals surface area (Å²) in [6, 6.07) is 14.8. The Morgan fingerprint density at radius 1 is 1.07 bits per heavy atom. The van der Waals surface area contributed by atoms with Crippen molar-refractivity contribution in [3.05, 3.63) is 64.4 Å². The summed E-state index contributed by atoms with van der Waals surface area (Å²) in [6.45, 7) is 0.685. The van der Waals surface area contributed by atoms with Crippen molar-refractivity contribution in [2.75, 3.05) is 23.9 Å². The fraction of sp³-hybridized carbons (Fsp3) is 0.105. The van der Waals surface area contributed by atoms with Crippen LogP contribution in [0.3, 0.4) is 0 Å². The van der Waals surface area contributed by atoms with Gasteiger partial charge in [0, 0.05) is 34.0 Å². The third-order valence-electron chi connectivity index (χ3n) is 3.81. The molecule has 0 spiro atoms. The Balaban J connectivity index is 0.00000182. The summed E-state index contributed by atoms with van der Waals surface area (Å²) in [7, 11) is 1.37. The maximum Gasteiger partial charge on any atom is 0.337 e. The van der Waals surface area contributed by atoms with Gasteiger partial charge in [-0.15, -0.1) is 36.2 Å². The van der Waals surface area contributed by atoms with E-state index in [1.165, 1.54) is 12.0 Å². The summed E-state index contributed by atoms with van der Waals surface area (Å²) in [6.07, 6.45) is 0. The number of ether oxygens (including phenoxy) is 1. The quantitative estimate of drug-likeness (QED) is 0.402. The van der Waals surface area contributed by atoms with Crippen molar-refractivity contribution < 1.29 is 9.53 Å². The van der Waals surface area contributed by atoms with Gasteiger partial charge in [0.15, 0.2) is 0 Å². The molecule has 0 aliphatic carbocycles. The SMILES string of the molecule is COC(=O)c1ccc(NCc2cc(-c3cc(N)ccc3N)cs2)cc1.Cl.Cl. The van der Waals surface area contributed by atoms with Gasteiger partial charge in [0.2, 0.25) is 0 Å². The van der Waals surface area contributed by atoms with Crippen LogP contribution in [-0.2, 0) is 11.3 Å². The Labute approximate surface area is 174 Å². The predicted molar refractivity (Wildman–Crippen MR) is 118 cm³/mol. The van der Waals surface area contributed by atoms with E-state index in [2.05, 4.69) is 16.8 Å². The second-order valence-electron chi connectivity index (χ2n) is 5.57. The molecule has 0 atom stereocenters. The first-order valence-corrected chi connectivity index (χ1v) is 8.60. The topological polar surface area (TPSA) is 90.4 Å². The minimum absolute atomic E-state index is 0. The van der Waals surface area contributed by atoms with Gasteiger partial charge in [-0.25, -0.2) is 4.79 Å². The summed E-state index contributed by atoms with van der Waals surface area (Å²) < 4.78 is 4.69. The van der Waals surface area contributed by atoms with Crippen LogP contribution in [0.2, 0.25) is 0 Å². The zero-order chi connectivity index (χ0) is 17.8. The van der Waals surface area contributed by atoms with E-state index < -0.39 is 0 Å². The van der Waals surface area contributed by atoms with Gasteiger partial charge >= 0.3 is 5.97 Å². The Kier molecular flexibility index (Phi) is 8.43. The van der Waals surface area contributed by atoms with E-state index in [4.69, 9.17) is 16.2 Å². The zero-order valence-corrected chi connectivity index (χ0v) is 17.0. The number of hydrogen-bond acceptors (Lipinski definition) is 6. The number of rotatable bonds is 5. The largest absolute Gasteiger partial charge is 0.465 e. The summed E-state index contributed by atoms with van der Waals surface area (Å²) in [5.41, 5.74) is 16.8. The van der Waals surface area contributed by atoms with Crippen LogP contribution in [0.15, 0.2) is 53.9 Å². The number of anilines is 3. The molecular formula is C19H21Cl2N3O2S. The number of benzene rings is 2. The van der Waals surface area contributed by atoms with Gasteiger partial charge in [-0.05, 0) is 59.5 Å². The minimum Gasteiger partial charge on any atom is -0.465 e. The molecule has 3 aromatic rings. The molecule has 0 bridgehead atoms. The molecule has 0 aliphatic heterocycles. The predicted octanol–water partition coefficient (Wildman–Crippen LogP) is 4.82. The van der Waals surface area contributed by atoms with E-state index in [9.17, 15) is 4.79 Å². The lowest BCUT2D eigenvalue weighted by molar-refractivity contribution is 0.0601. The van der Waals surface area contributed by atoms with Crippen LogP contribution in [0.5, 0.6) is 0 Å². The average Bonchev–Trinajstić information content (AvgIpc) is 3.10. The molecule has 144 valence electrons. The summed E-state index contributed by atoms with van der Waals surface area (Å²) in [4.78, 5) is 12.6. The van der Waals surface area contributed by atoms with Crippen molar-refractivity contribution in [2.24, 2.45) is 0 Å². The average molecular weight is 426 g/mol. The molecule has 0 fully saturated rings. The van der Waals surface area contributed by atoms with E-state index >= 15 is 0 Å². The highest BCUT2D eigenvalue weighted by Crippen LogP contribution is 2.31. The van der Waals surface area contributed by atoms with Crippen molar-refractivity contribution in [1.29, 1.82) is 0 Å². The molecule has 0 saturated heterocycles. The summed E-state index contributed by atoms with van der Waals surface area (Å²) in [5.74, 6) is -0.339. The van der Waals surface area contributed by atoms with Crippen molar-refractivity contribution in [3.8, 4) is 11.1 Å². The first-order chi connectivity index (χ1) is 12.1. The van der Waals surface area contributed by atoms with Crippen molar-refractivity contribution in [2.45, 2.75) is 6.54 Å². The van der Waals surface area contributed by atoms with Crippen molar-refractivity contribution >= 4 is 59.2 Å². The smallest absolute Gasteiger partial charge is 0.337 e. The monoisotopic (exact) mass is 425 g/mol.